The number of benzene rings is 1. The predicted molar refractivity (Wildman–Crippen MR) is 108 cm³/mol. The zero-order valence-corrected chi connectivity index (χ0v) is 16.7. The monoisotopic (exact) mass is 403 g/mol. The molecular weight excluding hydrogens is 383 g/mol. The van der Waals surface area contributed by atoms with Crippen LogP contribution < -0.4 is 10.1 Å². The molecule has 0 fully saturated rings. The van der Waals surface area contributed by atoms with Gasteiger partial charge in [-0.2, -0.15) is 14.0 Å². The highest BCUT2D eigenvalue weighted by molar-refractivity contribution is 7.17. The largest absolute Gasteiger partial charge is 0.430 e. The van der Waals surface area contributed by atoms with Gasteiger partial charge in [0.15, 0.2) is 5.78 Å². The average molecular weight is 403 g/mol. The first-order valence-electron chi connectivity index (χ1n) is 8.58. The van der Waals surface area contributed by atoms with Crippen molar-refractivity contribution in [1.29, 1.82) is 5.26 Å². The molecule has 146 valence electrons. The van der Waals surface area contributed by atoms with Crippen LogP contribution in [0.1, 0.15) is 42.6 Å². The third-order valence-corrected chi connectivity index (χ3v) is 3.85. The molecular formula is C20H20F2N3O2P. The SMILES string of the molecule is CCC/C=C(/C#N)c1c(C(C)=O)ccnc1Nc1ccc(OC(F)(F)P)cc1. The molecule has 2 rings (SSSR count). The third kappa shape index (κ3) is 5.83. The Labute approximate surface area is 164 Å². The topological polar surface area (TPSA) is 75.0 Å². The molecule has 1 heterocycles. The number of pyridine rings is 1. The summed E-state index contributed by atoms with van der Waals surface area (Å²) < 4.78 is 30.3. The Morgan fingerprint density at radius 2 is 2.04 bits per heavy atom. The Kier molecular flexibility index (Phi) is 7.19. The molecule has 0 radical (unpaired) electrons. The highest BCUT2D eigenvalue weighted by Gasteiger charge is 2.23. The van der Waals surface area contributed by atoms with Crippen molar-refractivity contribution in [3.8, 4) is 11.8 Å². The Morgan fingerprint density at radius 3 is 2.57 bits per heavy atom. The minimum atomic E-state index is -3.36. The average Bonchev–Trinajstić information content (AvgIpc) is 2.63. The van der Waals surface area contributed by atoms with Gasteiger partial charge in [0.25, 0.3) is 0 Å². The third-order valence-electron chi connectivity index (χ3n) is 3.73. The normalized spacial score (nSPS) is 11.6. The first-order chi connectivity index (χ1) is 13.2. The van der Waals surface area contributed by atoms with Crippen LogP contribution in [0, 0.1) is 11.3 Å². The number of allylic oxidation sites excluding steroid dienone is 2. The van der Waals surface area contributed by atoms with Crippen LogP contribution in [0.3, 0.4) is 0 Å². The number of rotatable bonds is 8. The first-order valence-corrected chi connectivity index (χ1v) is 9.16. The molecule has 1 atom stereocenters. The quantitative estimate of drug-likeness (QED) is 0.356. The van der Waals surface area contributed by atoms with Crippen LogP contribution in [0.4, 0.5) is 20.3 Å². The molecule has 0 aliphatic rings. The second kappa shape index (κ2) is 9.38. The molecule has 8 heteroatoms. The summed E-state index contributed by atoms with van der Waals surface area (Å²) in [6, 6.07) is 9.55. The van der Waals surface area contributed by atoms with Crippen molar-refractivity contribution in [3.63, 3.8) is 0 Å². The van der Waals surface area contributed by atoms with Crippen molar-refractivity contribution in [3.05, 3.63) is 53.7 Å². The number of halogens is 2. The maximum Gasteiger partial charge on any atom is 0.408 e. The van der Waals surface area contributed by atoms with Gasteiger partial charge in [0.2, 0.25) is 0 Å². The number of unbranched alkanes of at least 4 members (excludes halogenated alkanes) is 1. The van der Waals surface area contributed by atoms with Crippen LogP contribution in [0.25, 0.3) is 5.57 Å². The van der Waals surface area contributed by atoms with Gasteiger partial charge < -0.3 is 10.1 Å². The van der Waals surface area contributed by atoms with Crippen LogP contribution in [-0.2, 0) is 0 Å². The molecule has 2 aromatic rings. The maximum atomic E-state index is 12.9. The standard InChI is InChI=1S/C20H20F2N3O2P/c1-3-4-5-14(12-23)18-17(13(2)26)10-11-24-19(18)25-15-6-8-16(9-7-15)27-20(21,22)28/h5-11H,3-4,28H2,1-2H3,(H,24,25)/b14-5-. The molecule has 1 unspecified atom stereocenters. The molecule has 5 nitrogen and oxygen atoms in total. The molecule has 0 saturated heterocycles. The van der Waals surface area contributed by atoms with E-state index < -0.39 is 5.85 Å². The number of nitriles is 1. The van der Waals surface area contributed by atoms with Gasteiger partial charge in [-0.15, -0.1) is 0 Å². The summed E-state index contributed by atoms with van der Waals surface area (Å²) in [4.78, 5) is 16.3. The van der Waals surface area contributed by atoms with Gasteiger partial charge in [0.05, 0.1) is 11.6 Å². The molecule has 0 saturated carbocycles. The lowest BCUT2D eigenvalue weighted by atomic mass is 9.98. The molecule has 0 aliphatic carbocycles. The number of nitrogens with zero attached hydrogens (tertiary/aromatic N) is 2. The second-order valence-electron chi connectivity index (χ2n) is 5.97. The van der Waals surface area contributed by atoms with Gasteiger partial charge in [0.1, 0.15) is 11.6 Å². The lowest BCUT2D eigenvalue weighted by Crippen LogP contribution is -2.14. The molecule has 0 amide bonds. The van der Waals surface area contributed by atoms with Gasteiger partial charge in [-0.1, -0.05) is 19.4 Å². The lowest BCUT2D eigenvalue weighted by Gasteiger charge is -2.15. The van der Waals surface area contributed by atoms with Crippen molar-refractivity contribution < 1.29 is 18.3 Å². The van der Waals surface area contributed by atoms with Crippen LogP contribution in [0.5, 0.6) is 5.75 Å². The van der Waals surface area contributed by atoms with Gasteiger partial charge in [0, 0.05) is 23.0 Å². The highest BCUT2D eigenvalue weighted by atomic mass is 31.0. The van der Waals surface area contributed by atoms with E-state index in [0.29, 0.717) is 34.6 Å². The maximum absolute atomic E-state index is 12.9. The summed E-state index contributed by atoms with van der Waals surface area (Å²) in [7, 11) is 1.31. The Hall–Kier alpha value is -2.84. The second-order valence-corrected chi connectivity index (χ2v) is 6.64. The van der Waals surface area contributed by atoms with Crippen LogP contribution in [0.15, 0.2) is 42.6 Å². The molecule has 28 heavy (non-hydrogen) atoms. The number of anilines is 2. The van der Waals surface area contributed by atoms with Crippen molar-refractivity contribution in [2.75, 3.05) is 5.32 Å². The van der Waals surface area contributed by atoms with E-state index in [2.05, 4.69) is 21.1 Å². The number of hydrogen-bond acceptors (Lipinski definition) is 5. The van der Waals surface area contributed by atoms with E-state index >= 15 is 0 Å². The van der Waals surface area contributed by atoms with Crippen LogP contribution in [0.2, 0.25) is 0 Å². The van der Waals surface area contributed by atoms with Gasteiger partial charge in [-0.25, -0.2) is 4.98 Å². The lowest BCUT2D eigenvalue weighted by molar-refractivity contribution is -0.0892. The van der Waals surface area contributed by atoms with Gasteiger partial charge >= 0.3 is 5.85 Å². The number of Topliss-reactive ketones (excluding diaryl/α,β-unsaturated/α-hetero) is 1. The summed E-state index contributed by atoms with van der Waals surface area (Å²) in [5.74, 6) is -3.21. The summed E-state index contributed by atoms with van der Waals surface area (Å²) in [5.41, 5.74) is 1.69. The smallest absolute Gasteiger partial charge is 0.408 e. The summed E-state index contributed by atoms with van der Waals surface area (Å²) in [6.07, 6.45) is 4.78. The van der Waals surface area contributed by atoms with Crippen molar-refractivity contribution in [2.45, 2.75) is 32.5 Å². The van der Waals surface area contributed by atoms with E-state index in [1.165, 1.54) is 34.5 Å². The van der Waals surface area contributed by atoms with Gasteiger partial charge in [-0.05, 0) is 52.9 Å². The Balaban J connectivity index is 2.42. The molecule has 0 spiro atoms. The number of ether oxygens (including phenoxy) is 1. The molecule has 1 N–H and O–H groups in total. The number of nitrogens with one attached hydrogen (secondary N) is 1. The fraction of sp³-hybridized carbons (Fsp3) is 0.250. The number of carbonyl (C=O) groups is 1. The van der Waals surface area contributed by atoms with E-state index in [9.17, 15) is 18.8 Å². The molecule has 1 aromatic heterocycles. The van der Waals surface area contributed by atoms with E-state index in [0.717, 1.165) is 6.42 Å². The fourth-order valence-corrected chi connectivity index (χ4v) is 2.65. The first kappa shape index (κ1) is 21.5. The number of aromatic nitrogens is 1. The number of ketones is 1. The van der Waals surface area contributed by atoms with Crippen molar-refractivity contribution in [1.82, 2.24) is 4.98 Å². The number of carbonyl (C=O) groups excluding carboxylic acids is 1. The minimum absolute atomic E-state index is 0.00299. The zero-order valence-electron chi connectivity index (χ0n) is 15.5. The predicted octanol–water partition coefficient (Wildman–Crippen LogP) is 5.54. The van der Waals surface area contributed by atoms with E-state index in [1.807, 2.05) is 6.92 Å². The van der Waals surface area contributed by atoms with Crippen molar-refractivity contribution in [2.24, 2.45) is 0 Å². The summed E-state index contributed by atoms with van der Waals surface area (Å²) >= 11 is 0. The molecule has 0 bridgehead atoms. The van der Waals surface area contributed by atoms with E-state index in [1.54, 1.807) is 24.3 Å². The number of alkyl halides is 2. The minimum Gasteiger partial charge on any atom is -0.430 e. The van der Waals surface area contributed by atoms with Gasteiger partial charge in [-0.3, -0.25) is 4.79 Å². The van der Waals surface area contributed by atoms with Crippen molar-refractivity contribution >= 4 is 32.1 Å². The fourth-order valence-electron chi connectivity index (χ4n) is 2.52. The molecule has 0 aliphatic heterocycles. The zero-order chi connectivity index (χ0) is 20.7. The highest BCUT2D eigenvalue weighted by Crippen LogP contribution is 2.31. The van der Waals surface area contributed by atoms with E-state index in [-0.39, 0.29) is 11.5 Å². The van der Waals surface area contributed by atoms with Crippen LogP contribution in [-0.4, -0.2) is 16.6 Å². The number of hydrogen-bond donors (Lipinski definition) is 1. The Morgan fingerprint density at radius 1 is 1.36 bits per heavy atom. The molecule has 1 aromatic carbocycles. The van der Waals surface area contributed by atoms with E-state index in [4.69, 9.17) is 0 Å². The summed E-state index contributed by atoms with van der Waals surface area (Å²) in [5, 5.41) is 12.6. The Bertz CT molecular complexity index is 917. The van der Waals surface area contributed by atoms with Crippen LogP contribution >= 0.6 is 9.24 Å². The summed E-state index contributed by atoms with van der Waals surface area (Å²) in [6.45, 7) is 3.41.